The van der Waals surface area contributed by atoms with Gasteiger partial charge in [-0.15, -0.1) is 23.5 Å². The molecule has 0 bridgehead atoms. The largest absolute Gasteiger partial charge is 0.511 e. The fraction of sp³-hybridized carbons (Fsp3) is 0.214. The first kappa shape index (κ1) is 51.4. The van der Waals surface area contributed by atoms with Crippen LogP contribution < -0.4 is 5.56 Å². The van der Waals surface area contributed by atoms with Crippen LogP contribution in [-0.4, -0.2) is 76.1 Å². The quantitative estimate of drug-likeness (QED) is 0.0480. The third kappa shape index (κ3) is 11.9. The summed E-state index contributed by atoms with van der Waals surface area (Å²) in [4.78, 5) is 65.0. The lowest BCUT2D eigenvalue weighted by atomic mass is 9.93. The van der Waals surface area contributed by atoms with Crippen LogP contribution in [0.2, 0.25) is 0 Å². The number of aliphatic hydroxyl groups is 1. The number of aromatic nitrogens is 1. The van der Waals surface area contributed by atoms with Crippen LogP contribution in [0.4, 0.5) is 4.70 Å². The standard InChI is InChI=1S/C26H21NO3S.C18H16O5.C12H13NO2S.FH.H2/c1-30-26(29)22-16-31-25-24(18-9-3-2-4-10-18)20(15-23(28)27(22)25)14-19-12-7-11-17-8-5-6-13-21(17)19;1-18(2)22-16(20)15(17(21)23-18)14(19)10-12-8-5-7-11-6-3-4-9-13(11)12;1-15-12(14)10-8-16-11(13-10)7-9-5-3-2-4-6-9;;/h2-13,15,22H,14,16H2,1H3;3-9,19H,10H2,1-2H3;2-6,10H,7-8H2,1H3;2*1H/t22-;;10-;;/m0.0../s1. The number of pyridine rings is 1. The number of methoxy groups -OCH3 is 2. The second-order valence-corrected chi connectivity index (χ2v) is 19.0. The number of ether oxygens (including phenoxy) is 4. The van der Waals surface area contributed by atoms with Gasteiger partial charge in [0.25, 0.3) is 11.3 Å². The molecule has 1 N–H and O–H groups in total. The topological polar surface area (TPSA) is 160 Å². The van der Waals surface area contributed by atoms with Crippen LogP contribution in [0.25, 0.3) is 32.7 Å². The van der Waals surface area contributed by atoms with Gasteiger partial charge in [0, 0.05) is 51.3 Å². The van der Waals surface area contributed by atoms with E-state index in [1.165, 1.54) is 50.0 Å². The van der Waals surface area contributed by atoms with Crippen LogP contribution in [0.1, 0.15) is 43.6 Å². The molecule has 2 atom stereocenters. The molecule has 4 heterocycles. The predicted octanol–water partition coefficient (Wildman–Crippen LogP) is 10.4. The van der Waals surface area contributed by atoms with Gasteiger partial charge in [0.15, 0.2) is 11.6 Å². The van der Waals surface area contributed by atoms with Crippen molar-refractivity contribution < 1.29 is 49.4 Å². The smallest absolute Gasteiger partial charge is 0.352 e. The number of hydrogen-bond acceptors (Lipinski definition) is 13. The maximum Gasteiger partial charge on any atom is 0.352 e. The van der Waals surface area contributed by atoms with E-state index in [0.29, 0.717) is 17.9 Å². The summed E-state index contributed by atoms with van der Waals surface area (Å²) in [7, 11) is 2.76. The first-order valence-corrected chi connectivity index (χ1v) is 24.5. The summed E-state index contributed by atoms with van der Waals surface area (Å²) in [5, 5.41) is 16.4. The van der Waals surface area contributed by atoms with Crippen LogP contribution in [-0.2, 0) is 57.4 Å². The van der Waals surface area contributed by atoms with Crippen molar-refractivity contribution in [2.45, 2.75) is 56.0 Å². The molecule has 71 heavy (non-hydrogen) atoms. The second-order valence-electron chi connectivity index (χ2n) is 16.9. The lowest BCUT2D eigenvalue weighted by Crippen LogP contribution is -2.42. The maximum absolute atomic E-state index is 13.1. The zero-order valence-electron chi connectivity index (χ0n) is 39.4. The number of thioether (sulfide) groups is 2. The van der Waals surface area contributed by atoms with E-state index >= 15 is 0 Å². The Labute approximate surface area is 419 Å². The zero-order chi connectivity index (χ0) is 49.4. The van der Waals surface area contributed by atoms with E-state index in [1.54, 1.807) is 34.2 Å². The maximum atomic E-state index is 13.1. The molecule has 0 amide bonds. The summed E-state index contributed by atoms with van der Waals surface area (Å²) < 4.78 is 21.2. The highest BCUT2D eigenvalue weighted by molar-refractivity contribution is 8.14. The number of benzene rings is 6. The van der Waals surface area contributed by atoms with Gasteiger partial charge in [-0.25, -0.2) is 19.2 Å². The van der Waals surface area contributed by atoms with Crippen LogP contribution in [0.3, 0.4) is 0 Å². The average molecular weight is 997 g/mol. The van der Waals surface area contributed by atoms with Gasteiger partial charge in [-0.3, -0.25) is 19.1 Å². The third-order valence-corrected chi connectivity index (χ3v) is 14.0. The zero-order valence-corrected chi connectivity index (χ0v) is 41.0. The number of carbonyl (C=O) groups is 4. The van der Waals surface area contributed by atoms with Crippen molar-refractivity contribution in [3.63, 3.8) is 0 Å². The van der Waals surface area contributed by atoms with Crippen LogP contribution in [0, 0.1) is 0 Å². The predicted molar refractivity (Wildman–Crippen MR) is 279 cm³/mol. The van der Waals surface area contributed by atoms with Gasteiger partial charge in [0.05, 0.1) is 24.3 Å². The number of fused-ring (bicyclic) bond motifs is 3. The first-order chi connectivity index (χ1) is 33.8. The molecule has 10 rings (SSSR count). The highest BCUT2D eigenvalue weighted by Crippen LogP contribution is 2.42. The van der Waals surface area contributed by atoms with Crippen molar-refractivity contribution in [1.82, 2.24) is 4.57 Å². The molecule has 1 fully saturated rings. The van der Waals surface area contributed by atoms with Crippen LogP contribution in [0.5, 0.6) is 0 Å². The van der Waals surface area contributed by atoms with E-state index in [2.05, 4.69) is 64.3 Å². The molecule has 1 saturated heterocycles. The van der Waals surface area contributed by atoms with E-state index < -0.39 is 29.3 Å². The molecule has 1 aromatic heterocycles. The van der Waals surface area contributed by atoms with Gasteiger partial charge in [-0.2, -0.15) is 0 Å². The highest BCUT2D eigenvalue weighted by atomic mass is 32.2. The van der Waals surface area contributed by atoms with Crippen molar-refractivity contribution >= 4 is 74.0 Å². The van der Waals surface area contributed by atoms with E-state index in [-0.39, 0.29) is 41.9 Å². The van der Waals surface area contributed by atoms with Crippen molar-refractivity contribution in [3.05, 3.63) is 196 Å². The Balaban J connectivity index is 0.000000183. The monoisotopic (exact) mass is 996 g/mol. The van der Waals surface area contributed by atoms with Gasteiger partial charge < -0.3 is 24.1 Å². The number of aliphatic hydroxyl groups excluding tert-OH is 1. The van der Waals surface area contributed by atoms with Crippen molar-refractivity contribution in [2.75, 3.05) is 25.7 Å². The third-order valence-electron chi connectivity index (χ3n) is 11.8. The van der Waals surface area contributed by atoms with Gasteiger partial charge in [-0.1, -0.05) is 146 Å². The first-order valence-electron chi connectivity index (χ1n) is 22.5. The Morgan fingerprint density at radius 1 is 0.690 bits per heavy atom. The number of cyclic esters (lactones) is 2. The average Bonchev–Trinajstić information content (AvgIpc) is 4.03. The minimum atomic E-state index is -1.32. The number of hydrogen-bond donors (Lipinski definition) is 1. The van der Waals surface area contributed by atoms with Gasteiger partial charge in [0.2, 0.25) is 0 Å². The molecule has 15 heteroatoms. The van der Waals surface area contributed by atoms with Gasteiger partial charge in [0.1, 0.15) is 11.8 Å². The van der Waals surface area contributed by atoms with Crippen molar-refractivity contribution in [1.29, 1.82) is 0 Å². The summed E-state index contributed by atoms with van der Waals surface area (Å²) >= 11 is 3.18. The SMILES string of the molecule is CC1(C)OC(=O)C(=C(O)Cc2cccc3ccccc23)C(=O)O1.COC(=O)[C@@H]1CSC(Cc2ccccc2)=N1.COC(=O)[C@@H]1CSc2c(-c3ccccc3)c(Cc3cccc4ccccc34)cc(=O)n21.F.[HH]. The number of halogens is 1. The fourth-order valence-corrected chi connectivity index (χ4v) is 10.9. The minimum absolute atomic E-state index is 0. The summed E-state index contributed by atoms with van der Waals surface area (Å²) in [6, 6.07) is 48.9. The number of rotatable bonds is 9. The van der Waals surface area contributed by atoms with Gasteiger partial charge >= 0.3 is 23.9 Å². The molecule has 0 radical (unpaired) electrons. The lowest BCUT2D eigenvalue weighted by Gasteiger charge is -2.30. The highest BCUT2D eigenvalue weighted by Gasteiger charge is 2.41. The van der Waals surface area contributed by atoms with E-state index in [0.717, 1.165) is 49.5 Å². The molecular formula is C56H53FN2O10S2. The molecule has 3 aliphatic heterocycles. The van der Waals surface area contributed by atoms with E-state index in [1.807, 2.05) is 91.0 Å². The molecule has 3 aliphatic rings. The molecule has 0 aliphatic carbocycles. The molecule has 0 spiro atoms. The normalized spacial score (nSPS) is 16.4. The van der Waals surface area contributed by atoms with Crippen LogP contribution >= 0.6 is 23.5 Å². The molecule has 7 aromatic rings. The van der Waals surface area contributed by atoms with Crippen LogP contribution in [0.15, 0.2) is 178 Å². The summed E-state index contributed by atoms with van der Waals surface area (Å²) in [6.45, 7) is 2.92. The Kier molecular flexibility index (Phi) is 16.6. The molecule has 6 aromatic carbocycles. The number of esters is 4. The lowest BCUT2D eigenvalue weighted by molar-refractivity contribution is -0.222. The van der Waals surface area contributed by atoms with E-state index in [4.69, 9.17) is 14.2 Å². The summed E-state index contributed by atoms with van der Waals surface area (Å²) in [5.41, 5.74) is 5.62. The Morgan fingerprint density at radius 3 is 1.86 bits per heavy atom. The van der Waals surface area contributed by atoms with E-state index in [9.17, 15) is 29.1 Å². The van der Waals surface area contributed by atoms with Crippen molar-refractivity contribution in [3.8, 4) is 11.1 Å². The molecule has 0 saturated carbocycles. The molecule has 0 unspecified atom stereocenters. The summed E-state index contributed by atoms with van der Waals surface area (Å²) in [5.74, 6) is -2.84. The Morgan fingerprint density at radius 2 is 1.24 bits per heavy atom. The number of aliphatic imine (C=N–C) groups is 1. The number of allylic oxidation sites excluding steroid dienone is 1. The Hall–Kier alpha value is -7.49. The summed E-state index contributed by atoms with van der Waals surface area (Å²) in [6.07, 6.45) is 1.48. The molecular weight excluding hydrogens is 944 g/mol. The Bertz CT molecular complexity index is 3200. The number of nitrogens with zero attached hydrogens (tertiary/aromatic N) is 2. The van der Waals surface area contributed by atoms with Gasteiger partial charge in [-0.05, 0) is 55.8 Å². The van der Waals surface area contributed by atoms with Crippen molar-refractivity contribution in [2.24, 2.45) is 4.99 Å². The minimum Gasteiger partial charge on any atom is -0.511 e. The number of carbonyl (C=O) groups excluding carboxylic acids is 4. The second kappa shape index (κ2) is 23.0. The molecule has 12 nitrogen and oxygen atoms in total. The fourth-order valence-electron chi connectivity index (χ4n) is 8.48. The molecule has 366 valence electrons.